The van der Waals surface area contributed by atoms with E-state index in [1.54, 1.807) is 24.3 Å². The topological polar surface area (TPSA) is 91.0 Å². The van der Waals surface area contributed by atoms with Crippen molar-refractivity contribution in [3.8, 4) is 5.75 Å². The van der Waals surface area contributed by atoms with Crippen molar-refractivity contribution in [2.75, 3.05) is 0 Å². The largest absolute Gasteiger partial charge is 0.487 e. The monoisotopic (exact) mass is 658 g/mol. The lowest BCUT2D eigenvalue weighted by Gasteiger charge is -2.12. The van der Waals surface area contributed by atoms with E-state index in [4.69, 9.17) is 44.3 Å². The van der Waals surface area contributed by atoms with Crippen LogP contribution in [0, 0.1) is 10.1 Å². The summed E-state index contributed by atoms with van der Waals surface area (Å²) in [5.74, 6) is -0.170. The highest BCUT2D eigenvalue weighted by atomic mass is 79.9. The zero-order valence-corrected chi connectivity index (χ0v) is 22.7. The number of rotatable bonds is 6. The third-order valence-electron chi connectivity index (χ3n) is 4.71. The van der Waals surface area contributed by atoms with Gasteiger partial charge in [0.2, 0.25) is 5.90 Å². The fourth-order valence-electron chi connectivity index (χ4n) is 3.06. The number of hydrogen-bond acceptors (Lipinski definition) is 6. The molecular formula is C23H11Br2Cl3N2O5. The van der Waals surface area contributed by atoms with Gasteiger partial charge in [0.15, 0.2) is 5.70 Å². The van der Waals surface area contributed by atoms with Gasteiger partial charge in [-0.2, -0.15) is 0 Å². The van der Waals surface area contributed by atoms with Crippen LogP contribution in [-0.2, 0) is 16.1 Å². The molecular weight excluding hydrogens is 650 g/mol. The summed E-state index contributed by atoms with van der Waals surface area (Å²) in [6, 6.07) is 12.5. The molecule has 12 heteroatoms. The lowest BCUT2D eigenvalue weighted by molar-refractivity contribution is -0.384. The summed E-state index contributed by atoms with van der Waals surface area (Å²) in [7, 11) is 0. The van der Waals surface area contributed by atoms with Crippen molar-refractivity contribution >= 4 is 90.3 Å². The number of hydrogen-bond donors (Lipinski definition) is 0. The first-order chi connectivity index (χ1) is 16.6. The number of nitro groups is 1. The molecule has 1 aliphatic heterocycles. The number of nitrogens with zero attached hydrogens (tertiary/aromatic N) is 2. The summed E-state index contributed by atoms with van der Waals surface area (Å²) in [6.45, 7) is 0.254. The Hall–Kier alpha value is -2.43. The normalized spacial score (nSPS) is 14.1. The first-order valence-electron chi connectivity index (χ1n) is 9.65. The second-order valence-electron chi connectivity index (χ2n) is 7.11. The SMILES string of the molecule is O=C1OC(c2ccc([N+](=O)[O-])cc2Cl)=N/C1=C\c1cc(Br)c(OCc2ccc(Cl)c(Cl)c2)c(Br)c1. The summed E-state index contributed by atoms with van der Waals surface area (Å²) < 4.78 is 12.4. The van der Waals surface area contributed by atoms with Gasteiger partial charge in [0.25, 0.3) is 5.69 Å². The first kappa shape index (κ1) is 25.7. The van der Waals surface area contributed by atoms with Crippen molar-refractivity contribution in [1.82, 2.24) is 0 Å². The number of carbonyl (C=O) groups is 1. The molecule has 3 aromatic rings. The molecule has 0 amide bonds. The fraction of sp³-hybridized carbons (Fsp3) is 0.0435. The number of aliphatic imine (C=N–C) groups is 1. The number of benzene rings is 3. The lowest BCUT2D eigenvalue weighted by atomic mass is 10.2. The molecule has 3 aromatic carbocycles. The molecule has 0 radical (unpaired) electrons. The second-order valence-corrected chi connectivity index (χ2v) is 10.0. The van der Waals surface area contributed by atoms with Crippen LogP contribution < -0.4 is 4.74 Å². The molecule has 0 unspecified atom stereocenters. The van der Waals surface area contributed by atoms with E-state index < -0.39 is 10.9 Å². The van der Waals surface area contributed by atoms with E-state index in [1.807, 2.05) is 6.07 Å². The maximum Gasteiger partial charge on any atom is 0.363 e. The van der Waals surface area contributed by atoms with E-state index in [2.05, 4.69) is 36.9 Å². The zero-order valence-electron chi connectivity index (χ0n) is 17.2. The molecule has 0 fully saturated rings. The van der Waals surface area contributed by atoms with Gasteiger partial charge in [0, 0.05) is 12.1 Å². The molecule has 35 heavy (non-hydrogen) atoms. The number of nitro benzene ring substituents is 1. The molecule has 178 valence electrons. The number of carbonyl (C=O) groups excluding carboxylic acids is 1. The van der Waals surface area contributed by atoms with Gasteiger partial charge in [0.1, 0.15) is 12.4 Å². The van der Waals surface area contributed by atoms with E-state index >= 15 is 0 Å². The van der Waals surface area contributed by atoms with E-state index in [9.17, 15) is 14.9 Å². The van der Waals surface area contributed by atoms with Gasteiger partial charge in [-0.3, -0.25) is 10.1 Å². The number of esters is 1. The molecule has 7 nitrogen and oxygen atoms in total. The summed E-state index contributed by atoms with van der Waals surface area (Å²) in [6.07, 6.45) is 1.53. The van der Waals surface area contributed by atoms with Crippen molar-refractivity contribution in [2.45, 2.75) is 6.61 Å². The maximum atomic E-state index is 12.4. The smallest absolute Gasteiger partial charge is 0.363 e. The van der Waals surface area contributed by atoms with Crippen molar-refractivity contribution < 1.29 is 19.2 Å². The van der Waals surface area contributed by atoms with Gasteiger partial charge in [0.05, 0.1) is 34.5 Å². The third kappa shape index (κ3) is 5.87. The predicted octanol–water partition coefficient (Wildman–Crippen LogP) is 8.00. The third-order valence-corrected chi connectivity index (χ3v) is 6.94. The van der Waals surface area contributed by atoms with Crippen LogP contribution in [0.25, 0.3) is 6.08 Å². The number of non-ortho nitro benzene ring substituents is 1. The fourth-order valence-corrected chi connectivity index (χ4v) is 5.09. The summed E-state index contributed by atoms with van der Waals surface area (Å²) in [5, 5.41) is 11.8. The molecule has 0 bridgehead atoms. The van der Waals surface area contributed by atoms with Crippen LogP contribution in [0.1, 0.15) is 16.7 Å². The lowest BCUT2D eigenvalue weighted by Crippen LogP contribution is -2.06. The minimum Gasteiger partial charge on any atom is -0.487 e. The molecule has 0 aliphatic carbocycles. The highest BCUT2D eigenvalue weighted by Crippen LogP contribution is 2.37. The quantitative estimate of drug-likeness (QED) is 0.116. The Morgan fingerprint density at radius 1 is 1.00 bits per heavy atom. The molecule has 1 aliphatic rings. The van der Waals surface area contributed by atoms with E-state index in [0.717, 1.165) is 5.56 Å². The Morgan fingerprint density at radius 3 is 2.34 bits per heavy atom. The van der Waals surface area contributed by atoms with Gasteiger partial charge in [-0.25, -0.2) is 9.79 Å². The van der Waals surface area contributed by atoms with Crippen LogP contribution in [-0.4, -0.2) is 16.8 Å². The van der Waals surface area contributed by atoms with E-state index in [0.29, 0.717) is 30.3 Å². The number of halogens is 5. The predicted molar refractivity (Wildman–Crippen MR) is 141 cm³/mol. The molecule has 0 atom stereocenters. The molecule has 1 heterocycles. The van der Waals surface area contributed by atoms with Crippen molar-refractivity contribution in [1.29, 1.82) is 0 Å². The molecule has 0 saturated carbocycles. The Bertz CT molecular complexity index is 1420. The summed E-state index contributed by atoms with van der Waals surface area (Å²) in [4.78, 5) is 26.9. The average molecular weight is 662 g/mol. The highest BCUT2D eigenvalue weighted by molar-refractivity contribution is 9.11. The van der Waals surface area contributed by atoms with Crippen LogP contribution in [0.3, 0.4) is 0 Å². The van der Waals surface area contributed by atoms with Crippen LogP contribution in [0.15, 0.2) is 68.2 Å². The van der Waals surface area contributed by atoms with Crippen molar-refractivity contribution in [3.63, 3.8) is 0 Å². The van der Waals surface area contributed by atoms with Crippen LogP contribution in [0.4, 0.5) is 5.69 Å². The number of ether oxygens (including phenoxy) is 2. The first-order valence-corrected chi connectivity index (χ1v) is 12.4. The van der Waals surface area contributed by atoms with Gasteiger partial charge in [-0.15, -0.1) is 0 Å². The molecule has 4 rings (SSSR count). The van der Waals surface area contributed by atoms with Crippen molar-refractivity contribution in [2.24, 2.45) is 4.99 Å². The van der Waals surface area contributed by atoms with Gasteiger partial charge >= 0.3 is 5.97 Å². The Labute approximate surface area is 230 Å². The van der Waals surface area contributed by atoms with Gasteiger partial charge < -0.3 is 9.47 Å². The van der Waals surface area contributed by atoms with Crippen LogP contribution >= 0.6 is 66.7 Å². The summed E-state index contributed by atoms with van der Waals surface area (Å²) >= 11 is 25.1. The minimum atomic E-state index is -0.679. The van der Waals surface area contributed by atoms with Crippen molar-refractivity contribution in [3.05, 3.63) is 105 Å². The molecule has 0 spiro atoms. The summed E-state index contributed by atoms with van der Waals surface area (Å²) in [5.41, 5.74) is 1.60. The molecule has 0 N–H and O–H groups in total. The number of cyclic esters (lactones) is 1. The standard InChI is InChI=1S/C23H11Br2Cl3N2O5/c24-15-5-12(6-16(25)21(15)34-10-11-1-4-17(26)19(28)7-11)8-20-23(31)35-22(29-20)14-3-2-13(30(32)33)9-18(14)27/h1-9H,10H2/b20-8-. The second kappa shape index (κ2) is 10.7. The molecule has 0 saturated heterocycles. The minimum absolute atomic E-state index is 0.0395. The van der Waals surface area contributed by atoms with E-state index in [1.165, 1.54) is 24.3 Å². The average Bonchev–Trinajstić information content (AvgIpc) is 3.15. The van der Waals surface area contributed by atoms with E-state index in [-0.39, 0.29) is 34.5 Å². The Morgan fingerprint density at radius 2 is 1.71 bits per heavy atom. The highest BCUT2D eigenvalue weighted by Gasteiger charge is 2.26. The maximum absolute atomic E-state index is 12.4. The van der Waals surface area contributed by atoms with Gasteiger partial charge in [-0.05, 0) is 79.4 Å². The Kier molecular flexibility index (Phi) is 7.83. The Balaban J connectivity index is 1.56. The zero-order chi connectivity index (χ0) is 25.3. The van der Waals surface area contributed by atoms with Gasteiger partial charge in [-0.1, -0.05) is 40.9 Å². The molecule has 0 aromatic heterocycles. The van der Waals surface area contributed by atoms with Crippen LogP contribution in [0.5, 0.6) is 5.75 Å². The van der Waals surface area contributed by atoms with Crippen LogP contribution in [0.2, 0.25) is 15.1 Å².